The minimum absolute atomic E-state index is 0.0153. The second kappa shape index (κ2) is 5.02. The van der Waals surface area contributed by atoms with Crippen molar-refractivity contribution in [1.82, 2.24) is 4.90 Å². The molecular formula is C14H24N2O2S. The lowest BCUT2D eigenvalue weighted by atomic mass is 9.61. The lowest BCUT2D eigenvalue weighted by Gasteiger charge is -2.46. The molecule has 0 radical (unpaired) electrons. The van der Waals surface area contributed by atoms with Crippen LogP contribution in [-0.4, -0.2) is 40.1 Å². The maximum Gasteiger partial charge on any atom is 0.235 e. The van der Waals surface area contributed by atoms with E-state index >= 15 is 0 Å². The average Bonchev–Trinajstić information content (AvgIpc) is 2.69. The van der Waals surface area contributed by atoms with Crippen LogP contribution in [-0.2, 0) is 4.79 Å². The molecule has 2 saturated carbocycles. The molecule has 5 heteroatoms. The molecule has 0 unspecified atom stereocenters. The molecule has 0 aromatic heterocycles. The van der Waals surface area contributed by atoms with Gasteiger partial charge in [-0.15, -0.1) is 0 Å². The van der Waals surface area contributed by atoms with Gasteiger partial charge >= 0.3 is 0 Å². The van der Waals surface area contributed by atoms with Crippen molar-refractivity contribution >= 4 is 23.1 Å². The SMILES string of the molecule is CC1CC(C(=O)N(C)CC2(O)CCCC2)(C(N)=S)C1. The van der Waals surface area contributed by atoms with Gasteiger partial charge in [0.25, 0.3) is 0 Å². The standard InChI is InChI=1S/C14H24N2O2S/c1-10-7-14(8-10,11(15)19)12(17)16(2)9-13(18)5-3-4-6-13/h10,18H,3-9H2,1-2H3,(H2,15,19). The van der Waals surface area contributed by atoms with Crippen molar-refractivity contribution in [3.8, 4) is 0 Å². The topological polar surface area (TPSA) is 66.6 Å². The van der Waals surface area contributed by atoms with Crippen molar-refractivity contribution in [2.24, 2.45) is 17.1 Å². The molecule has 2 aliphatic carbocycles. The van der Waals surface area contributed by atoms with E-state index in [2.05, 4.69) is 6.92 Å². The van der Waals surface area contributed by atoms with Crippen LogP contribution in [0.2, 0.25) is 0 Å². The lowest BCUT2D eigenvalue weighted by Crippen LogP contribution is -2.58. The first kappa shape index (κ1) is 14.7. The number of nitrogens with zero attached hydrogens (tertiary/aromatic N) is 1. The molecular weight excluding hydrogens is 260 g/mol. The highest BCUT2D eigenvalue weighted by atomic mass is 32.1. The van der Waals surface area contributed by atoms with Gasteiger partial charge in [0.05, 0.1) is 16.0 Å². The Hall–Kier alpha value is -0.680. The van der Waals surface area contributed by atoms with E-state index in [1.165, 1.54) is 0 Å². The molecule has 2 fully saturated rings. The zero-order valence-corrected chi connectivity index (χ0v) is 12.6. The number of hydrogen-bond donors (Lipinski definition) is 2. The summed E-state index contributed by atoms with van der Waals surface area (Å²) >= 11 is 5.11. The number of amides is 1. The van der Waals surface area contributed by atoms with Gasteiger partial charge < -0.3 is 15.7 Å². The maximum atomic E-state index is 12.6. The van der Waals surface area contributed by atoms with E-state index in [0.717, 1.165) is 38.5 Å². The van der Waals surface area contributed by atoms with Crippen molar-refractivity contribution in [3.05, 3.63) is 0 Å². The second-order valence-corrected chi connectivity index (χ2v) is 6.99. The van der Waals surface area contributed by atoms with Gasteiger partial charge in [-0.3, -0.25) is 4.79 Å². The predicted molar refractivity (Wildman–Crippen MR) is 78.7 cm³/mol. The summed E-state index contributed by atoms with van der Waals surface area (Å²) in [5.41, 5.74) is 4.43. The maximum absolute atomic E-state index is 12.6. The summed E-state index contributed by atoms with van der Waals surface area (Å²) < 4.78 is 0. The number of carbonyl (C=O) groups excluding carboxylic acids is 1. The number of nitrogens with two attached hydrogens (primary N) is 1. The number of thiocarbonyl (C=S) groups is 1. The summed E-state index contributed by atoms with van der Waals surface area (Å²) in [5.74, 6) is 0.479. The molecule has 0 aliphatic heterocycles. The Morgan fingerprint density at radius 2 is 1.95 bits per heavy atom. The highest BCUT2D eigenvalue weighted by Gasteiger charge is 2.52. The molecule has 0 bridgehead atoms. The third-order valence-corrected chi connectivity index (χ3v) is 5.08. The molecule has 108 valence electrons. The molecule has 0 atom stereocenters. The van der Waals surface area contributed by atoms with Crippen LogP contribution in [0.4, 0.5) is 0 Å². The summed E-state index contributed by atoms with van der Waals surface area (Å²) in [4.78, 5) is 14.6. The van der Waals surface area contributed by atoms with Gasteiger partial charge in [-0.25, -0.2) is 0 Å². The van der Waals surface area contributed by atoms with Crippen LogP contribution in [0.3, 0.4) is 0 Å². The van der Waals surface area contributed by atoms with E-state index in [9.17, 15) is 9.90 Å². The molecule has 19 heavy (non-hydrogen) atoms. The van der Waals surface area contributed by atoms with Gasteiger partial charge in [-0.05, 0) is 31.6 Å². The predicted octanol–water partition coefficient (Wildman–Crippen LogP) is 1.45. The first-order valence-electron chi connectivity index (χ1n) is 7.07. The second-order valence-electron chi connectivity index (χ2n) is 6.55. The zero-order valence-electron chi connectivity index (χ0n) is 11.8. The highest BCUT2D eigenvalue weighted by Crippen LogP contribution is 2.47. The Kier molecular flexibility index (Phi) is 3.89. The smallest absolute Gasteiger partial charge is 0.235 e. The molecule has 2 aliphatic rings. The van der Waals surface area contributed by atoms with Gasteiger partial charge in [0.1, 0.15) is 0 Å². The van der Waals surface area contributed by atoms with Crippen LogP contribution in [0.25, 0.3) is 0 Å². The summed E-state index contributed by atoms with van der Waals surface area (Å²) in [6.45, 7) is 2.50. The Morgan fingerprint density at radius 1 is 1.42 bits per heavy atom. The Bertz CT molecular complexity index is 385. The molecule has 3 N–H and O–H groups in total. The quantitative estimate of drug-likeness (QED) is 0.767. The monoisotopic (exact) mass is 284 g/mol. The average molecular weight is 284 g/mol. The first-order chi connectivity index (χ1) is 8.79. The fourth-order valence-corrected chi connectivity index (χ4v) is 3.93. The van der Waals surface area contributed by atoms with Crippen LogP contribution in [0.15, 0.2) is 0 Å². The summed E-state index contributed by atoms with van der Waals surface area (Å²) in [5, 5.41) is 10.4. The van der Waals surface area contributed by atoms with Gasteiger partial charge in [0.2, 0.25) is 5.91 Å². The molecule has 0 aromatic rings. The molecule has 2 rings (SSSR count). The normalized spacial score (nSPS) is 32.7. The highest BCUT2D eigenvalue weighted by molar-refractivity contribution is 7.80. The number of rotatable bonds is 4. The first-order valence-corrected chi connectivity index (χ1v) is 7.48. The van der Waals surface area contributed by atoms with E-state index in [1.807, 2.05) is 0 Å². The van der Waals surface area contributed by atoms with Crippen LogP contribution in [0.1, 0.15) is 45.4 Å². The molecule has 0 spiro atoms. The molecule has 4 nitrogen and oxygen atoms in total. The van der Waals surface area contributed by atoms with E-state index in [4.69, 9.17) is 18.0 Å². The van der Waals surface area contributed by atoms with E-state index in [0.29, 0.717) is 17.5 Å². The van der Waals surface area contributed by atoms with Crippen LogP contribution >= 0.6 is 12.2 Å². The van der Waals surface area contributed by atoms with Gasteiger partial charge in [-0.1, -0.05) is 32.0 Å². The van der Waals surface area contributed by atoms with Crippen molar-refractivity contribution in [1.29, 1.82) is 0 Å². The minimum atomic E-state index is -0.711. The van der Waals surface area contributed by atoms with Crippen molar-refractivity contribution in [2.45, 2.75) is 51.0 Å². The fraction of sp³-hybridized carbons (Fsp3) is 0.857. The Balaban J connectivity index is 2.04. The summed E-state index contributed by atoms with van der Waals surface area (Å²) in [6.07, 6.45) is 5.11. The van der Waals surface area contributed by atoms with Crippen LogP contribution < -0.4 is 5.73 Å². The zero-order chi connectivity index (χ0) is 14.3. The molecule has 1 amide bonds. The molecule has 0 heterocycles. The van der Waals surface area contributed by atoms with Crippen LogP contribution in [0.5, 0.6) is 0 Å². The third kappa shape index (κ3) is 2.63. The van der Waals surface area contributed by atoms with E-state index in [-0.39, 0.29) is 5.91 Å². The van der Waals surface area contributed by atoms with Gasteiger partial charge in [0, 0.05) is 13.6 Å². The lowest BCUT2D eigenvalue weighted by molar-refractivity contribution is -0.146. The Labute approximate surface area is 120 Å². The number of aliphatic hydroxyl groups is 1. The fourth-order valence-electron chi connectivity index (χ4n) is 3.68. The molecule has 0 saturated heterocycles. The summed E-state index contributed by atoms with van der Waals surface area (Å²) in [6, 6.07) is 0. The van der Waals surface area contributed by atoms with E-state index < -0.39 is 11.0 Å². The van der Waals surface area contributed by atoms with Crippen molar-refractivity contribution < 1.29 is 9.90 Å². The Morgan fingerprint density at radius 3 is 2.37 bits per heavy atom. The van der Waals surface area contributed by atoms with Gasteiger partial charge in [0.15, 0.2) is 0 Å². The van der Waals surface area contributed by atoms with Crippen LogP contribution in [0, 0.1) is 11.3 Å². The van der Waals surface area contributed by atoms with Gasteiger partial charge in [-0.2, -0.15) is 0 Å². The van der Waals surface area contributed by atoms with E-state index in [1.54, 1.807) is 11.9 Å². The summed E-state index contributed by atoms with van der Waals surface area (Å²) in [7, 11) is 1.75. The minimum Gasteiger partial charge on any atom is -0.392 e. The van der Waals surface area contributed by atoms with Crippen molar-refractivity contribution in [3.63, 3.8) is 0 Å². The van der Waals surface area contributed by atoms with Crippen molar-refractivity contribution in [2.75, 3.05) is 13.6 Å². The number of likely N-dealkylation sites (N-methyl/N-ethyl adjacent to an activating group) is 1. The largest absolute Gasteiger partial charge is 0.392 e. The molecule has 0 aromatic carbocycles. The number of carbonyl (C=O) groups is 1. The third-order valence-electron chi connectivity index (χ3n) is 4.69. The number of hydrogen-bond acceptors (Lipinski definition) is 3.